The molecule has 0 saturated carbocycles. The van der Waals surface area contributed by atoms with E-state index in [1.165, 1.54) is 12.1 Å². The van der Waals surface area contributed by atoms with Gasteiger partial charge < -0.3 is 15.5 Å². The van der Waals surface area contributed by atoms with E-state index in [0.29, 0.717) is 13.1 Å². The van der Waals surface area contributed by atoms with E-state index in [9.17, 15) is 9.50 Å². The van der Waals surface area contributed by atoms with Crippen molar-refractivity contribution in [3.05, 3.63) is 35.6 Å². The molecule has 0 bridgehead atoms. The minimum Gasteiger partial charge on any atom is -0.394 e. The van der Waals surface area contributed by atoms with E-state index >= 15 is 0 Å². The van der Waals surface area contributed by atoms with Crippen molar-refractivity contribution < 1.29 is 14.6 Å². The summed E-state index contributed by atoms with van der Waals surface area (Å²) in [5.41, 5.74) is 0.681. The van der Waals surface area contributed by atoms with Crippen molar-refractivity contribution in [2.45, 2.75) is 25.4 Å². The molecule has 1 atom stereocenters. The smallest absolute Gasteiger partial charge is 0.123 e. The summed E-state index contributed by atoms with van der Waals surface area (Å²) in [5, 5.41) is 20.9. The lowest BCUT2D eigenvalue weighted by atomic mass is 9.84. The molecule has 17 heavy (non-hydrogen) atoms. The fourth-order valence-corrected chi connectivity index (χ4v) is 1.63. The molecule has 0 aliphatic heterocycles. The maximum Gasteiger partial charge on any atom is 0.123 e. The summed E-state index contributed by atoms with van der Waals surface area (Å²) in [7, 11) is 0. The number of aliphatic hydroxyl groups excluding tert-OH is 2. The summed E-state index contributed by atoms with van der Waals surface area (Å²) in [4.78, 5) is 0. The van der Waals surface area contributed by atoms with Gasteiger partial charge in [0.2, 0.25) is 0 Å². The van der Waals surface area contributed by atoms with E-state index in [1.54, 1.807) is 6.07 Å². The van der Waals surface area contributed by atoms with Crippen LogP contribution in [0.25, 0.3) is 0 Å². The van der Waals surface area contributed by atoms with E-state index in [1.807, 2.05) is 19.9 Å². The van der Waals surface area contributed by atoms with Crippen molar-refractivity contribution in [1.82, 2.24) is 5.32 Å². The number of halogens is 1. The maximum atomic E-state index is 13.1. The van der Waals surface area contributed by atoms with Gasteiger partial charge in [0.05, 0.1) is 12.7 Å². The molecule has 0 aliphatic rings. The molecule has 0 aliphatic carbocycles. The minimum absolute atomic E-state index is 0.225. The van der Waals surface area contributed by atoms with Gasteiger partial charge in [0.15, 0.2) is 0 Å². The zero-order valence-electron chi connectivity index (χ0n) is 10.3. The molecule has 1 unspecified atom stereocenters. The molecule has 1 aromatic carbocycles. The Morgan fingerprint density at radius 2 is 2.12 bits per heavy atom. The molecule has 0 spiro atoms. The highest BCUT2D eigenvalue weighted by Crippen LogP contribution is 2.22. The van der Waals surface area contributed by atoms with Crippen molar-refractivity contribution in [3.8, 4) is 0 Å². The summed E-state index contributed by atoms with van der Waals surface area (Å²) in [6.45, 7) is 4.68. The van der Waals surface area contributed by atoms with Crippen LogP contribution in [0.15, 0.2) is 24.3 Å². The van der Waals surface area contributed by atoms with Gasteiger partial charge in [-0.05, 0) is 17.7 Å². The molecule has 0 radical (unpaired) electrons. The highest BCUT2D eigenvalue weighted by Gasteiger charge is 2.20. The zero-order valence-corrected chi connectivity index (χ0v) is 10.3. The van der Waals surface area contributed by atoms with Crippen LogP contribution >= 0.6 is 0 Å². The van der Waals surface area contributed by atoms with Crippen molar-refractivity contribution in [2.24, 2.45) is 0 Å². The summed E-state index contributed by atoms with van der Waals surface area (Å²) in [6.07, 6.45) is -0.752. The van der Waals surface area contributed by atoms with Crippen LogP contribution in [0.2, 0.25) is 0 Å². The molecule has 0 saturated heterocycles. The second-order valence-corrected chi connectivity index (χ2v) is 4.86. The Bertz CT molecular complexity index is 355. The molecule has 0 aromatic heterocycles. The van der Waals surface area contributed by atoms with Crippen LogP contribution in [0.3, 0.4) is 0 Å². The third-order valence-corrected chi connectivity index (χ3v) is 2.76. The molecule has 1 aromatic rings. The van der Waals surface area contributed by atoms with Gasteiger partial charge in [0, 0.05) is 18.5 Å². The fourth-order valence-electron chi connectivity index (χ4n) is 1.63. The van der Waals surface area contributed by atoms with Gasteiger partial charge in [-0.1, -0.05) is 26.0 Å². The Morgan fingerprint density at radius 3 is 2.71 bits per heavy atom. The first kappa shape index (κ1) is 14.1. The maximum absolute atomic E-state index is 13.1. The summed E-state index contributed by atoms with van der Waals surface area (Å²) in [5.74, 6) is -0.244. The molecular formula is C13H20FNO2. The minimum atomic E-state index is -0.752. The highest BCUT2D eigenvalue weighted by molar-refractivity contribution is 5.24. The first-order valence-electron chi connectivity index (χ1n) is 5.71. The normalized spacial score (nSPS) is 13.7. The predicted octanol–water partition coefficient (Wildman–Crippen LogP) is 1.05. The number of hydrogen-bond acceptors (Lipinski definition) is 3. The van der Waals surface area contributed by atoms with E-state index in [2.05, 4.69) is 5.32 Å². The quantitative estimate of drug-likeness (QED) is 0.697. The Labute approximate surface area is 101 Å². The zero-order chi connectivity index (χ0) is 12.9. The van der Waals surface area contributed by atoms with Gasteiger partial charge in [0.25, 0.3) is 0 Å². The van der Waals surface area contributed by atoms with E-state index in [-0.39, 0.29) is 17.8 Å². The number of benzene rings is 1. The molecule has 96 valence electrons. The van der Waals surface area contributed by atoms with Crippen molar-refractivity contribution in [2.75, 3.05) is 19.7 Å². The van der Waals surface area contributed by atoms with Crippen LogP contribution in [0.4, 0.5) is 4.39 Å². The van der Waals surface area contributed by atoms with Gasteiger partial charge in [-0.2, -0.15) is 0 Å². The number of aliphatic hydroxyl groups is 2. The second-order valence-electron chi connectivity index (χ2n) is 4.86. The highest BCUT2D eigenvalue weighted by atomic mass is 19.1. The molecule has 3 N–H and O–H groups in total. The first-order chi connectivity index (χ1) is 7.95. The SMILES string of the molecule is CC(C)(CNCC(O)CO)c1cccc(F)c1. The van der Waals surface area contributed by atoms with Crippen LogP contribution in [-0.4, -0.2) is 36.0 Å². The molecule has 0 heterocycles. The molecule has 4 heteroatoms. The number of hydrogen-bond donors (Lipinski definition) is 3. The van der Waals surface area contributed by atoms with Crippen molar-refractivity contribution in [1.29, 1.82) is 0 Å². The van der Waals surface area contributed by atoms with Gasteiger partial charge in [-0.25, -0.2) is 4.39 Å². The van der Waals surface area contributed by atoms with Crippen molar-refractivity contribution >= 4 is 0 Å². The summed E-state index contributed by atoms with van der Waals surface area (Å²) in [6, 6.07) is 6.51. The Balaban J connectivity index is 2.56. The lowest BCUT2D eigenvalue weighted by Gasteiger charge is -2.26. The molecule has 0 amide bonds. The predicted molar refractivity (Wildman–Crippen MR) is 65.4 cm³/mol. The van der Waals surface area contributed by atoms with E-state index < -0.39 is 6.10 Å². The number of nitrogens with one attached hydrogen (secondary N) is 1. The Hall–Kier alpha value is -0.970. The van der Waals surface area contributed by atoms with Gasteiger partial charge in [0.1, 0.15) is 5.82 Å². The lowest BCUT2D eigenvalue weighted by Crippen LogP contribution is -2.38. The van der Waals surface area contributed by atoms with Gasteiger partial charge in [-0.15, -0.1) is 0 Å². The van der Waals surface area contributed by atoms with Crippen molar-refractivity contribution in [3.63, 3.8) is 0 Å². The lowest BCUT2D eigenvalue weighted by molar-refractivity contribution is 0.0934. The number of rotatable bonds is 6. The summed E-state index contributed by atoms with van der Waals surface area (Å²) < 4.78 is 13.1. The second kappa shape index (κ2) is 6.10. The van der Waals surface area contributed by atoms with Gasteiger partial charge >= 0.3 is 0 Å². The van der Waals surface area contributed by atoms with Crippen LogP contribution in [0.5, 0.6) is 0 Å². The topological polar surface area (TPSA) is 52.5 Å². The fraction of sp³-hybridized carbons (Fsp3) is 0.538. The Kier molecular flexibility index (Phi) is 5.05. The van der Waals surface area contributed by atoms with Crippen LogP contribution in [-0.2, 0) is 5.41 Å². The molecule has 1 rings (SSSR count). The molecule has 3 nitrogen and oxygen atoms in total. The summed E-state index contributed by atoms with van der Waals surface area (Å²) >= 11 is 0. The van der Waals surface area contributed by atoms with Crippen LogP contribution < -0.4 is 5.32 Å². The average Bonchev–Trinajstić information content (AvgIpc) is 2.28. The van der Waals surface area contributed by atoms with Crippen LogP contribution in [0.1, 0.15) is 19.4 Å². The third kappa shape index (κ3) is 4.42. The van der Waals surface area contributed by atoms with Gasteiger partial charge in [-0.3, -0.25) is 0 Å². The first-order valence-corrected chi connectivity index (χ1v) is 5.71. The third-order valence-electron chi connectivity index (χ3n) is 2.76. The average molecular weight is 241 g/mol. The molecule has 0 fully saturated rings. The monoisotopic (exact) mass is 241 g/mol. The largest absolute Gasteiger partial charge is 0.394 e. The van der Waals surface area contributed by atoms with E-state index in [0.717, 1.165) is 5.56 Å². The molecular weight excluding hydrogens is 221 g/mol. The van der Waals surface area contributed by atoms with E-state index in [4.69, 9.17) is 5.11 Å². The standard InChI is InChI=1S/C13H20FNO2/c1-13(2,9-15-7-12(17)8-16)10-4-3-5-11(14)6-10/h3-6,12,15-17H,7-9H2,1-2H3. The van der Waals surface area contributed by atoms with Crippen LogP contribution in [0, 0.1) is 5.82 Å². The Morgan fingerprint density at radius 1 is 1.41 bits per heavy atom.